The van der Waals surface area contributed by atoms with Crippen LogP contribution in [0.4, 0.5) is 11.4 Å². The van der Waals surface area contributed by atoms with Gasteiger partial charge in [-0.15, -0.1) is 0 Å². The van der Waals surface area contributed by atoms with Crippen LogP contribution in [0.25, 0.3) is 10.9 Å². The monoisotopic (exact) mass is 261 g/mol. The van der Waals surface area contributed by atoms with Crippen molar-refractivity contribution in [3.63, 3.8) is 0 Å². The van der Waals surface area contributed by atoms with Gasteiger partial charge in [-0.3, -0.25) is 4.98 Å². The quantitative estimate of drug-likeness (QED) is 0.866. The van der Waals surface area contributed by atoms with Crippen molar-refractivity contribution < 1.29 is 0 Å². The summed E-state index contributed by atoms with van der Waals surface area (Å²) in [5.74, 6) is 1.15. The first-order valence-electron chi connectivity index (χ1n) is 6.11. The Morgan fingerprint density at radius 1 is 1.39 bits per heavy atom. The maximum atomic E-state index is 6.03. The molecule has 2 rings (SSSR count). The summed E-state index contributed by atoms with van der Waals surface area (Å²) in [4.78, 5) is 4.34. The number of hydrogen-bond acceptors (Lipinski definition) is 4. The summed E-state index contributed by atoms with van der Waals surface area (Å²) in [5.41, 5.74) is 8.73. The van der Waals surface area contributed by atoms with E-state index in [1.807, 2.05) is 30.0 Å². The molecule has 1 heterocycles. The average molecular weight is 261 g/mol. The Morgan fingerprint density at radius 2 is 2.17 bits per heavy atom. The van der Waals surface area contributed by atoms with E-state index in [4.69, 9.17) is 5.73 Å². The van der Waals surface area contributed by atoms with Gasteiger partial charge in [0.2, 0.25) is 0 Å². The SMILES string of the molecule is CSCCC(C)Nc1c(N)cnc2ccccc12. The first-order valence-corrected chi connectivity index (χ1v) is 7.50. The summed E-state index contributed by atoms with van der Waals surface area (Å²) in [6.07, 6.45) is 4.98. The van der Waals surface area contributed by atoms with Crippen LogP contribution in [0.5, 0.6) is 0 Å². The standard InChI is InChI=1S/C14H19N3S/c1-10(7-8-18-2)17-14-11-5-3-4-6-13(11)16-9-12(14)15/h3-6,9-10H,7-8,15H2,1-2H3,(H,16,17). The van der Waals surface area contributed by atoms with Crippen LogP contribution in [0, 0.1) is 0 Å². The van der Waals surface area contributed by atoms with Gasteiger partial charge in [-0.25, -0.2) is 0 Å². The maximum absolute atomic E-state index is 6.03. The van der Waals surface area contributed by atoms with Crippen molar-refractivity contribution in [2.75, 3.05) is 23.1 Å². The van der Waals surface area contributed by atoms with Gasteiger partial charge >= 0.3 is 0 Å². The van der Waals surface area contributed by atoms with E-state index in [-0.39, 0.29) is 0 Å². The largest absolute Gasteiger partial charge is 0.396 e. The highest BCUT2D eigenvalue weighted by molar-refractivity contribution is 7.98. The van der Waals surface area contributed by atoms with Gasteiger partial charge in [-0.2, -0.15) is 11.8 Å². The lowest BCUT2D eigenvalue weighted by atomic mass is 10.1. The van der Waals surface area contributed by atoms with Crippen molar-refractivity contribution in [1.82, 2.24) is 4.98 Å². The molecule has 1 unspecified atom stereocenters. The highest BCUT2D eigenvalue weighted by Gasteiger charge is 2.09. The average Bonchev–Trinajstić information content (AvgIpc) is 2.40. The van der Waals surface area contributed by atoms with Crippen LogP contribution in [0.2, 0.25) is 0 Å². The summed E-state index contributed by atoms with van der Waals surface area (Å²) < 4.78 is 0. The third kappa shape index (κ3) is 2.88. The fourth-order valence-corrected chi connectivity index (χ4v) is 2.52. The molecule has 0 aliphatic carbocycles. The third-order valence-corrected chi connectivity index (χ3v) is 3.59. The minimum absolute atomic E-state index is 0.408. The van der Waals surface area contributed by atoms with Gasteiger partial charge in [0.05, 0.1) is 23.1 Å². The number of aromatic nitrogens is 1. The summed E-state index contributed by atoms with van der Waals surface area (Å²) >= 11 is 1.86. The van der Waals surface area contributed by atoms with Gasteiger partial charge in [-0.05, 0) is 31.4 Å². The molecule has 0 radical (unpaired) electrons. The molecule has 0 bridgehead atoms. The Hall–Kier alpha value is -1.42. The fourth-order valence-electron chi connectivity index (χ4n) is 1.93. The molecule has 18 heavy (non-hydrogen) atoms. The van der Waals surface area contributed by atoms with E-state index in [9.17, 15) is 0 Å². The summed E-state index contributed by atoms with van der Waals surface area (Å²) in [5, 5.41) is 4.60. The van der Waals surface area contributed by atoms with Gasteiger partial charge in [0.1, 0.15) is 0 Å². The zero-order valence-corrected chi connectivity index (χ0v) is 11.6. The summed E-state index contributed by atoms with van der Waals surface area (Å²) in [6.45, 7) is 2.19. The van der Waals surface area contributed by atoms with E-state index >= 15 is 0 Å². The molecular formula is C14H19N3S. The van der Waals surface area contributed by atoms with Crippen LogP contribution in [-0.2, 0) is 0 Å². The van der Waals surface area contributed by atoms with E-state index < -0.39 is 0 Å². The molecule has 3 nitrogen and oxygen atoms in total. The Kier molecular flexibility index (Phi) is 4.31. The molecule has 2 aromatic rings. The third-order valence-electron chi connectivity index (χ3n) is 2.95. The number of rotatable bonds is 5. The van der Waals surface area contributed by atoms with E-state index in [2.05, 4.69) is 29.5 Å². The molecule has 1 aromatic carbocycles. The van der Waals surface area contributed by atoms with Crippen LogP contribution in [0.15, 0.2) is 30.5 Å². The van der Waals surface area contributed by atoms with E-state index in [0.29, 0.717) is 11.7 Å². The van der Waals surface area contributed by atoms with Gasteiger partial charge in [0.25, 0.3) is 0 Å². The smallest absolute Gasteiger partial charge is 0.0743 e. The van der Waals surface area contributed by atoms with E-state index in [1.54, 1.807) is 6.20 Å². The number of pyridine rings is 1. The Labute approximate surface area is 112 Å². The molecule has 0 fully saturated rings. The first-order chi connectivity index (χ1) is 8.72. The van der Waals surface area contributed by atoms with Crippen LogP contribution in [0.3, 0.4) is 0 Å². The van der Waals surface area contributed by atoms with Crippen molar-refractivity contribution in [1.29, 1.82) is 0 Å². The molecule has 4 heteroatoms. The number of anilines is 2. The number of nitrogens with two attached hydrogens (primary N) is 1. The van der Waals surface area contributed by atoms with Crippen LogP contribution in [-0.4, -0.2) is 23.0 Å². The molecule has 0 saturated carbocycles. The molecule has 0 amide bonds. The highest BCUT2D eigenvalue weighted by Crippen LogP contribution is 2.28. The van der Waals surface area contributed by atoms with Crippen molar-refractivity contribution in [2.24, 2.45) is 0 Å². The second kappa shape index (κ2) is 5.96. The van der Waals surface area contributed by atoms with Crippen LogP contribution in [0.1, 0.15) is 13.3 Å². The number of nitrogens with one attached hydrogen (secondary N) is 1. The van der Waals surface area contributed by atoms with E-state index in [1.165, 1.54) is 0 Å². The Bertz CT molecular complexity index is 527. The van der Waals surface area contributed by atoms with Gasteiger partial charge < -0.3 is 11.1 Å². The first kappa shape index (κ1) is 13.0. The van der Waals surface area contributed by atoms with Crippen molar-refractivity contribution in [3.05, 3.63) is 30.5 Å². The molecule has 96 valence electrons. The lowest BCUT2D eigenvalue weighted by molar-refractivity contribution is 0.773. The Morgan fingerprint density at radius 3 is 2.94 bits per heavy atom. The van der Waals surface area contributed by atoms with Crippen molar-refractivity contribution in [2.45, 2.75) is 19.4 Å². The second-order valence-corrected chi connectivity index (χ2v) is 5.42. The number of benzene rings is 1. The predicted octanol–water partition coefficient (Wildman–Crippen LogP) is 3.37. The predicted molar refractivity (Wildman–Crippen MR) is 82.2 cm³/mol. The zero-order chi connectivity index (χ0) is 13.0. The highest BCUT2D eigenvalue weighted by atomic mass is 32.2. The van der Waals surface area contributed by atoms with Crippen molar-refractivity contribution >= 4 is 34.0 Å². The molecule has 0 aliphatic heterocycles. The zero-order valence-electron chi connectivity index (χ0n) is 10.8. The molecular weight excluding hydrogens is 242 g/mol. The van der Waals surface area contributed by atoms with Gasteiger partial charge in [0.15, 0.2) is 0 Å². The van der Waals surface area contributed by atoms with E-state index in [0.717, 1.165) is 28.8 Å². The summed E-state index contributed by atoms with van der Waals surface area (Å²) in [6, 6.07) is 8.48. The van der Waals surface area contributed by atoms with Crippen LogP contribution < -0.4 is 11.1 Å². The number of fused-ring (bicyclic) bond motifs is 1. The minimum Gasteiger partial charge on any atom is -0.396 e. The van der Waals surface area contributed by atoms with Gasteiger partial charge in [0, 0.05) is 11.4 Å². The topological polar surface area (TPSA) is 50.9 Å². The normalized spacial score (nSPS) is 12.6. The molecule has 1 atom stereocenters. The molecule has 3 N–H and O–H groups in total. The number of nitrogen functional groups attached to an aromatic ring is 1. The maximum Gasteiger partial charge on any atom is 0.0743 e. The molecule has 0 aliphatic rings. The lowest BCUT2D eigenvalue weighted by Gasteiger charge is -2.18. The number of thioether (sulfide) groups is 1. The molecule has 1 aromatic heterocycles. The lowest BCUT2D eigenvalue weighted by Crippen LogP contribution is -2.17. The minimum atomic E-state index is 0.408. The Balaban J connectivity index is 2.28. The number of nitrogens with zero attached hydrogens (tertiary/aromatic N) is 1. The summed E-state index contributed by atoms with van der Waals surface area (Å²) in [7, 11) is 0. The molecule has 0 spiro atoms. The van der Waals surface area contributed by atoms with Crippen molar-refractivity contribution in [3.8, 4) is 0 Å². The molecule has 0 saturated heterocycles. The van der Waals surface area contributed by atoms with Crippen LogP contribution >= 0.6 is 11.8 Å². The van der Waals surface area contributed by atoms with Gasteiger partial charge in [-0.1, -0.05) is 18.2 Å². The fraction of sp³-hybridized carbons (Fsp3) is 0.357. The second-order valence-electron chi connectivity index (χ2n) is 4.43. The number of para-hydroxylation sites is 1. The number of hydrogen-bond donors (Lipinski definition) is 2.